The van der Waals surface area contributed by atoms with E-state index in [0.717, 1.165) is 10.9 Å². The molecule has 2 N–H and O–H groups in total. The monoisotopic (exact) mass is 269 g/mol. The van der Waals surface area contributed by atoms with Crippen LogP contribution >= 0.6 is 11.6 Å². The van der Waals surface area contributed by atoms with Crippen molar-refractivity contribution in [2.75, 3.05) is 5.73 Å². The number of fused-ring (bicyclic) bond motifs is 1. The van der Waals surface area contributed by atoms with E-state index in [1.807, 2.05) is 18.2 Å². The summed E-state index contributed by atoms with van der Waals surface area (Å²) in [6.45, 7) is 2.09. The average Bonchev–Trinajstić information content (AvgIpc) is 2.43. The molecule has 0 amide bonds. The van der Waals surface area contributed by atoms with Crippen molar-refractivity contribution in [1.82, 2.24) is 9.97 Å². The quantitative estimate of drug-likeness (QED) is 0.730. The maximum atomic E-state index is 6.22. The Morgan fingerprint density at radius 3 is 2.53 bits per heavy atom. The first-order chi connectivity index (χ1) is 9.18. The fourth-order valence-corrected chi connectivity index (χ4v) is 2.43. The largest absolute Gasteiger partial charge is 0.382 e. The average molecular weight is 270 g/mol. The van der Waals surface area contributed by atoms with Gasteiger partial charge in [0.25, 0.3) is 0 Å². The first-order valence-electron chi connectivity index (χ1n) is 5.93. The van der Waals surface area contributed by atoms with Crippen LogP contribution in [0.25, 0.3) is 22.0 Å². The Kier molecular flexibility index (Phi) is 2.84. The normalized spacial score (nSPS) is 10.8. The van der Waals surface area contributed by atoms with Crippen LogP contribution in [0.5, 0.6) is 0 Å². The van der Waals surface area contributed by atoms with Gasteiger partial charge >= 0.3 is 0 Å². The highest BCUT2D eigenvalue weighted by atomic mass is 35.5. The lowest BCUT2D eigenvalue weighted by Crippen LogP contribution is -1.96. The lowest BCUT2D eigenvalue weighted by molar-refractivity contribution is 1.18. The fourth-order valence-electron chi connectivity index (χ4n) is 2.23. The molecule has 0 spiro atoms. The Bertz CT molecular complexity index is 768. The molecule has 2 aromatic carbocycles. The molecule has 3 rings (SSSR count). The van der Waals surface area contributed by atoms with Gasteiger partial charge < -0.3 is 5.73 Å². The van der Waals surface area contributed by atoms with Crippen LogP contribution in [0.2, 0.25) is 5.02 Å². The van der Waals surface area contributed by atoms with E-state index in [1.165, 1.54) is 17.3 Å². The van der Waals surface area contributed by atoms with E-state index >= 15 is 0 Å². The fraction of sp³-hybridized carbons (Fsp3) is 0.0667. The van der Waals surface area contributed by atoms with Crippen LogP contribution in [0, 0.1) is 6.92 Å². The number of nitrogens with zero attached hydrogens (tertiary/aromatic N) is 2. The molecule has 0 saturated heterocycles. The third kappa shape index (κ3) is 1.92. The Morgan fingerprint density at radius 2 is 1.74 bits per heavy atom. The van der Waals surface area contributed by atoms with Gasteiger partial charge in [0.15, 0.2) is 0 Å². The van der Waals surface area contributed by atoms with E-state index in [9.17, 15) is 0 Å². The molecule has 19 heavy (non-hydrogen) atoms. The molecule has 0 radical (unpaired) electrons. The zero-order chi connectivity index (χ0) is 13.4. The summed E-state index contributed by atoms with van der Waals surface area (Å²) in [6.07, 6.45) is 1.44. The lowest BCUT2D eigenvalue weighted by atomic mass is 9.98. The van der Waals surface area contributed by atoms with Crippen molar-refractivity contribution in [3.8, 4) is 11.3 Å². The highest BCUT2D eigenvalue weighted by Crippen LogP contribution is 2.34. The first kappa shape index (κ1) is 11.9. The summed E-state index contributed by atoms with van der Waals surface area (Å²) in [5.74, 6) is 0.302. The Hall–Kier alpha value is -2.13. The Morgan fingerprint density at radius 1 is 1.00 bits per heavy atom. The summed E-state index contributed by atoms with van der Waals surface area (Å²) in [5.41, 5.74) is 8.61. The topological polar surface area (TPSA) is 51.8 Å². The third-order valence-electron chi connectivity index (χ3n) is 3.21. The number of halogens is 1. The number of nitrogens with two attached hydrogens (primary N) is 1. The summed E-state index contributed by atoms with van der Waals surface area (Å²) in [7, 11) is 0. The molecule has 0 aliphatic carbocycles. The highest BCUT2D eigenvalue weighted by molar-refractivity contribution is 6.35. The minimum absolute atomic E-state index is 0.302. The molecule has 1 heterocycles. The summed E-state index contributed by atoms with van der Waals surface area (Å²) < 4.78 is 0. The van der Waals surface area contributed by atoms with Crippen LogP contribution in [0.3, 0.4) is 0 Å². The molecule has 0 saturated carbocycles. The van der Waals surface area contributed by atoms with Crippen molar-refractivity contribution in [3.63, 3.8) is 0 Å². The molecule has 94 valence electrons. The van der Waals surface area contributed by atoms with Crippen LogP contribution in [0.15, 0.2) is 42.7 Å². The number of hydrogen-bond donors (Lipinski definition) is 1. The van der Waals surface area contributed by atoms with Crippen molar-refractivity contribution >= 4 is 28.2 Å². The van der Waals surface area contributed by atoms with Gasteiger partial charge in [0, 0.05) is 5.56 Å². The molecule has 4 heteroatoms. The van der Waals surface area contributed by atoms with E-state index in [-0.39, 0.29) is 0 Å². The molecular weight excluding hydrogens is 258 g/mol. The molecule has 0 aliphatic rings. The molecule has 3 nitrogen and oxygen atoms in total. The van der Waals surface area contributed by atoms with Gasteiger partial charge in [0.2, 0.25) is 0 Å². The highest BCUT2D eigenvalue weighted by Gasteiger charge is 2.12. The van der Waals surface area contributed by atoms with Gasteiger partial charge in [-0.15, -0.1) is 0 Å². The second-order valence-corrected chi connectivity index (χ2v) is 4.78. The number of aryl methyl sites for hydroxylation is 1. The van der Waals surface area contributed by atoms with Crippen molar-refractivity contribution in [2.24, 2.45) is 0 Å². The molecule has 0 unspecified atom stereocenters. The SMILES string of the molecule is Cc1ccc(-c2ncnc(N)c2Cl)c2ccccc12. The summed E-state index contributed by atoms with van der Waals surface area (Å²) >= 11 is 6.22. The predicted octanol–water partition coefficient (Wildman–Crippen LogP) is 3.84. The van der Waals surface area contributed by atoms with Crippen molar-refractivity contribution in [2.45, 2.75) is 6.92 Å². The van der Waals surface area contributed by atoms with Gasteiger partial charge in [0.05, 0.1) is 5.69 Å². The van der Waals surface area contributed by atoms with Crippen LogP contribution in [0.1, 0.15) is 5.56 Å². The number of nitrogen functional groups attached to an aromatic ring is 1. The molecule has 0 fully saturated rings. The minimum Gasteiger partial charge on any atom is -0.382 e. The maximum absolute atomic E-state index is 6.22. The van der Waals surface area contributed by atoms with E-state index < -0.39 is 0 Å². The molecule has 1 aromatic heterocycles. The van der Waals surface area contributed by atoms with Gasteiger partial charge in [-0.3, -0.25) is 0 Å². The van der Waals surface area contributed by atoms with Crippen LogP contribution in [-0.2, 0) is 0 Å². The molecule has 0 atom stereocenters. The molecule has 0 bridgehead atoms. The Balaban J connectivity index is 2.38. The van der Waals surface area contributed by atoms with Crippen LogP contribution in [-0.4, -0.2) is 9.97 Å². The van der Waals surface area contributed by atoms with Crippen LogP contribution < -0.4 is 5.73 Å². The van der Waals surface area contributed by atoms with Gasteiger partial charge in [-0.25, -0.2) is 9.97 Å². The summed E-state index contributed by atoms with van der Waals surface area (Å²) in [4.78, 5) is 8.16. The number of rotatable bonds is 1. The van der Waals surface area contributed by atoms with E-state index in [1.54, 1.807) is 0 Å². The predicted molar refractivity (Wildman–Crippen MR) is 79.1 cm³/mol. The van der Waals surface area contributed by atoms with Gasteiger partial charge in [-0.1, -0.05) is 48.0 Å². The number of anilines is 1. The number of hydrogen-bond acceptors (Lipinski definition) is 3. The number of benzene rings is 2. The zero-order valence-electron chi connectivity index (χ0n) is 10.4. The van der Waals surface area contributed by atoms with Gasteiger partial charge in [0.1, 0.15) is 17.2 Å². The summed E-state index contributed by atoms with van der Waals surface area (Å²) in [6, 6.07) is 12.3. The smallest absolute Gasteiger partial charge is 0.146 e. The maximum Gasteiger partial charge on any atom is 0.146 e. The second-order valence-electron chi connectivity index (χ2n) is 4.40. The minimum atomic E-state index is 0.302. The van der Waals surface area contributed by atoms with E-state index in [2.05, 4.69) is 35.1 Å². The second kappa shape index (κ2) is 4.52. The van der Waals surface area contributed by atoms with E-state index in [4.69, 9.17) is 17.3 Å². The van der Waals surface area contributed by atoms with Crippen molar-refractivity contribution in [1.29, 1.82) is 0 Å². The first-order valence-corrected chi connectivity index (χ1v) is 6.31. The standard InChI is InChI=1S/C15H12ClN3/c1-9-6-7-12(11-5-3-2-4-10(9)11)14-13(16)15(17)19-8-18-14/h2-8H,1H3,(H2,17,18,19). The van der Waals surface area contributed by atoms with Crippen molar-refractivity contribution in [3.05, 3.63) is 53.3 Å². The zero-order valence-corrected chi connectivity index (χ0v) is 11.1. The molecule has 3 aromatic rings. The number of aromatic nitrogens is 2. The Labute approximate surface area is 116 Å². The third-order valence-corrected chi connectivity index (χ3v) is 3.59. The van der Waals surface area contributed by atoms with Gasteiger partial charge in [-0.05, 0) is 23.3 Å². The van der Waals surface area contributed by atoms with Gasteiger partial charge in [-0.2, -0.15) is 0 Å². The summed E-state index contributed by atoms with van der Waals surface area (Å²) in [5, 5.41) is 2.70. The van der Waals surface area contributed by atoms with Crippen molar-refractivity contribution < 1.29 is 0 Å². The van der Waals surface area contributed by atoms with E-state index in [0.29, 0.717) is 16.5 Å². The van der Waals surface area contributed by atoms with Crippen LogP contribution in [0.4, 0.5) is 5.82 Å². The lowest BCUT2D eigenvalue weighted by Gasteiger charge is -2.10. The molecular formula is C15H12ClN3. The molecule has 0 aliphatic heterocycles.